The minimum Gasteiger partial charge on any atom is -0.447 e. The zero-order valence-corrected chi connectivity index (χ0v) is 13.1. The molecular weight excluding hydrogens is 305 g/mol. The Morgan fingerprint density at radius 2 is 2.04 bits per heavy atom. The van der Waals surface area contributed by atoms with Gasteiger partial charge in [-0.05, 0) is 49.7 Å². The molecule has 2 fully saturated rings. The lowest BCUT2D eigenvalue weighted by Gasteiger charge is -2.60. The van der Waals surface area contributed by atoms with Gasteiger partial charge in [-0.3, -0.25) is 4.90 Å². The Balaban J connectivity index is 1.52. The normalized spacial score (nSPS) is 33.1. The maximum Gasteiger partial charge on any atom is 0.332 e. The topological polar surface area (TPSA) is 29.5 Å². The van der Waals surface area contributed by atoms with E-state index in [9.17, 15) is 9.18 Å². The molecular formula is C20H16FNO2. The smallest absolute Gasteiger partial charge is 0.332 e. The van der Waals surface area contributed by atoms with Gasteiger partial charge in [0.25, 0.3) is 0 Å². The number of halogens is 1. The van der Waals surface area contributed by atoms with Crippen LogP contribution in [-0.2, 0) is 9.53 Å². The van der Waals surface area contributed by atoms with E-state index in [0.717, 1.165) is 29.7 Å². The van der Waals surface area contributed by atoms with Gasteiger partial charge < -0.3 is 4.74 Å². The average molecular weight is 321 g/mol. The predicted octanol–water partition coefficient (Wildman–Crippen LogP) is 2.58. The molecule has 0 bridgehead atoms. The lowest BCUT2D eigenvalue weighted by Crippen LogP contribution is -2.76. The quantitative estimate of drug-likeness (QED) is 0.543. The fourth-order valence-corrected chi connectivity index (χ4v) is 4.59. The number of rotatable bonds is 0. The number of piperidine rings is 1. The van der Waals surface area contributed by atoms with Crippen molar-refractivity contribution in [1.29, 1.82) is 0 Å². The molecule has 3 heterocycles. The first-order valence-electron chi connectivity index (χ1n) is 8.39. The molecule has 4 heteroatoms. The van der Waals surface area contributed by atoms with Gasteiger partial charge in [0.05, 0.1) is 12.1 Å². The zero-order valence-electron chi connectivity index (χ0n) is 13.1. The molecule has 0 amide bonds. The second-order valence-electron chi connectivity index (χ2n) is 6.80. The molecule has 120 valence electrons. The maximum absolute atomic E-state index is 13.0. The average Bonchev–Trinajstić information content (AvgIpc) is 3.06. The standard InChI is InChI=1S/C20H16FNO2/c21-15-8-5-13(6-9-15)4-7-14-11-18-20(16(14)12-19(23)24-20)17-3-1-2-10-22(17)18/h5-6,8-9,11-12,17-18H,1-3,10H2/t17-,18-,20?/m1/s1. The highest BCUT2D eigenvalue weighted by Crippen LogP contribution is 2.57. The Labute approximate surface area is 139 Å². The molecule has 0 aromatic heterocycles. The molecule has 3 aliphatic heterocycles. The molecule has 24 heavy (non-hydrogen) atoms. The summed E-state index contributed by atoms with van der Waals surface area (Å²) in [5, 5.41) is 0. The van der Waals surface area contributed by atoms with Crippen molar-refractivity contribution in [2.24, 2.45) is 0 Å². The SMILES string of the molecule is O=C1C=C2C(C#Cc3ccc(F)cc3)=C[C@H]3N4CCCC[C@@H]4C23O1. The van der Waals surface area contributed by atoms with Gasteiger partial charge in [0.2, 0.25) is 0 Å². The third-order valence-corrected chi connectivity index (χ3v) is 5.59. The Kier molecular flexibility index (Phi) is 2.81. The number of fused-ring (bicyclic) bond motifs is 2. The lowest BCUT2D eigenvalue weighted by atomic mass is 9.70. The largest absolute Gasteiger partial charge is 0.447 e. The second-order valence-corrected chi connectivity index (χ2v) is 6.80. The summed E-state index contributed by atoms with van der Waals surface area (Å²) in [6.45, 7) is 1.05. The Morgan fingerprint density at radius 1 is 1.21 bits per heavy atom. The van der Waals surface area contributed by atoms with Crippen molar-refractivity contribution in [2.75, 3.05) is 6.54 Å². The van der Waals surface area contributed by atoms with E-state index in [2.05, 4.69) is 22.8 Å². The molecule has 1 spiro atoms. The Morgan fingerprint density at radius 3 is 2.88 bits per heavy atom. The van der Waals surface area contributed by atoms with Crippen LogP contribution in [-0.4, -0.2) is 35.1 Å². The minimum atomic E-state index is -0.496. The van der Waals surface area contributed by atoms with Gasteiger partial charge >= 0.3 is 5.97 Å². The molecule has 3 nitrogen and oxygen atoms in total. The number of hydrogen-bond donors (Lipinski definition) is 0. The van der Waals surface area contributed by atoms with E-state index in [1.165, 1.54) is 25.0 Å². The van der Waals surface area contributed by atoms with E-state index >= 15 is 0 Å². The van der Waals surface area contributed by atoms with E-state index in [1.807, 2.05) is 0 Å². The fraction of sp³-hybridized carbons (Fsp3) is 0.350. The number of esters is 1. The predicted molar refractivity (Wildman–Crippen MR) is 86.4 cm³/mol. The number of benzene rings is 1. The van der Waals surface area contributed by atoms with Crippen LogP contribution in [0.5, 0.6) is 0 Å². The monoisotopic (exact) mass is 321 g/mol. The summed E-state index contributed by atoms with van der Waals surface area (Å²) in [7, 11) is 0. The van der Waals surface area contributed by atoms with Crippen molar-refractivity contribution in [1.82, 2.24) is 4.90 Å². The molecule has 1 aromatic rings. The number of nitrogens with zero attached hydrogens (tertiary/aromatic N) is 1. The van der Waals surface area contributed by atoms with Crippen molar-refractivity contribution in [2.45, 2.75) is 36.9 Å². The summed E-state index contributed by atoms with van der Waals surface area (Å²) in [4.78, 5) is 14.4. The minimum absolute atomic E-state index is 0.123. The van der Waals surface area contributed by atoms with Crippen molar-refractivity contribution >= 4 is 5.97 Å². The van der Waals surface area contributed by atoms with E-state index in [1.54, 1.807) is 18.2 Å². The first-order valence-corrected chi connectivity index (χ1v) is 8.39. The number of carbonyl (C=O) groups excluding carboxylic acids is 1. The highest BCUT2D eigenvalue weighted by Gasteiger charge is 2.69. The lowest BCUT2D eigenvalue weighted by molar-refractivity contribution is -0.194. The number of ether oxygens (including phenoxy) is 1. The molecule has 2 saturated heterocycles. The third kappa shape index (κ3) is 1.73. The molecule has 1 unspecified atom stereocenters. The van der Waals surface area contributed by atoms with Crippen LogP contribution in [0.1, 0.15) is 24.8 Å². The molecule has 1 aromatic carbocycles. The van der Waals surface area contributed by atoms with E-state index in [0.29, 0.717) is 0 Å². The molecule has 5 rings (SSSR count). The van der Waals surface area contributed by atoms with Gasteiger partial charge in [-0.15, -0.1) is 0 Å². The summed E-state index contributed by atoms with van der Waals surface area (Å²) in [5.41, 5.74) is 2.08. The summed E-state index contributed by atoms with van der Waals surface area (Å²) in [6.07, 6.45) is 7.18. The molecule has 0 radical (unpaired) electrons. The summed E-state index contributed by atoms with van der Waals surface area (Å²) >= 11 is 0. The van der Waals surface area contributed by atoms with Crippen LogP contribution in [0.25, 0.3) is 0 Å². The van der Waals surface area contributed by atoms with Crippen LogP contribution < -0.4 is 0 Å². The Hall–Kier alpha value is -2.38. The second kappa shape index (κ2) is 4.81. The van der Waals surface area contributed by atoms with E-state index < -0.39 is 5.60 Å². The van der Waals surface area contributed by atoms with Gasteiger partial charge in [0, 0.05) is 22.8 Å². The highest BCUT2D eigenvalue weighted by atomic mass is 19.1. The third-order valence-electron chi connectivity index (χ3n) is 5.59. The molecule has 0 saturated carbocycles. The van der Waals surface area contributed by atoms with Crippen LogP contribution in [0.4, 0.5) is 4.39 Å². The van der Waals surface area contributed by atoms with Gasteiger partial charge in [0.15, 0.2) is 5.60 Å². The van der Waals surface area contributed by atoms with Gasteiger partial charge in [-0.1, -0.05) is 18.3 Å². The van der Waals surface area contributed by atoms with Crippen molar-refractivity contribution in [3.05, 3.63) is 58.9 Å². The molecule has 0 N–H and O–H groups in total. The fourth-order valence-electron chi connectivity index (χ4n) is 4.59. The van der Waals surface area contributed by atoms with Gasteiger partial charge in [0.1, 0.15) is 5.82 Å². The molecule has 4 aliphatic rings. The zero-order chi connectivity index (χ0) is 16.3. The highest BCUT2D eigenvalue weighted by molar-refractivity contribution is 5.91. The van der Waals surface area contributed by atoms with Crippen LogP contribution in [0.15, 0.2) is 47.6 Å². The van der Waals surface area contributed by atoms with Crippen molar-refractivity contribution in [3.63, 3.8) is 0 Å². The summed E-state index contributed by atoms with van der Waals surface area (Å²) in [6, 6.07) is 6.54. The first-order chi connectivity index (χ1) is 11.7. The van der Waals surface area contributed by atoms with Crippen LogP contribution in [0.3, 0.4) is 0 Å². The maximum atomic E-state index is 13.0. The van der Waals surface area contributed by atoms with Crippen molar-refractivity contribution in [3.8, 4) is 11.8 Å². The summed E-state index contributed by atoms with van der Waals surface area (Å²) < 4.78 is 18.8. The molecule has 1 aliphatic carbocycles. The van der Waals surface area contributed by atoms with Crippen LogP contribution in [0, 0.1) is 17.7 Å². The number of carbonyl (C=O) groups is 1. The van der Waals surface area contributed by atoms with Gasteiger partial charge in [-0.25, -0.2) is 9.18 Å². The van der Waals surface area contributed by atoms with Crippen LogP contribution in [0.2, 0.25) is 0 Å². The Bertz CT molecular complexity index is 858. The van der Waals surface area contributed by atoms with Crippen LogP contribution >= 0.6 is 0 Å². The summed E-state index contributed by atoms with van der Waals surface area (Å²) in [5.74, 6) is 5.73. The van der Waals surface area contributed by atoms with E-state index in [-0.39, 0.29) is 23.9 Å². The van der Waals surface area contributed by atoms with Crippen molar-refractivity contribution < 1.29 is 13.9 Å². The number of hydrogen-bond acceptors (Lipinski definition) is 3. The molecule has 3 atom stereocenters. The van der Waals surface area contributed by atoms with Gasteiger partial charge in [-0.2, -0.15) is 0 Å². The first kappa shape index (κ1) is 14.0. The van der Waals surface area contributed by atoms with E-state index in [4.69, 9.17) is 4.74 Å².